The summed E-state index contributed by atoms with van der Waals surface area (Å²) in [4.78, 5) is 0. The number of rotatable bonds is 4. The summed E-state index contributed by atoms with van der Waals surface area (Å²) in [6, 6.07) is 9.68. The summed E-state index contributed by atoms with van der Waals surface area (Å²) in [5.74, 6) is 1.72. The second-order valence-corrected chi connectivity index (χ2v) is 4.99. The molecule has 1 heterocycles. The van der Waals surface area contributed by atoms with Crippen LogP contribution < -0.4 is 5.32 Å². The Balaban J connectivity index is 0.00000162. The third kappa shape index (κ3) is 3.75. The molecule has 0 amide bonds. The SMILES string of the molecule is CCNCc1ccc(-c2ccc(Br)cc2Cl)o1.Cl. The van der Waals surface area contributed by atoms with Crippen LogP contribution in [0.5, 0.6) is 0 Å². The highest BCUT2D eigenvalue weighted by molar-refractivity contribution is 9.10. The van der Waals surface area contributed by atoms with Gasteiger partial charge in [0.2, 0.25) is 0 Å². The van der Waals surface area contributed by atoms with Crippen molar-refractivity contribution in [3.63, 3.8) is 0 Å². The van der Waals surface area contributed by atoms with Gasteiger partial charge in [0.25, 0.3) is 0 Å². The standard InChI is InChI=1S/C13H13BrClNO.ClH/c1-2-16-8-10-4-6-13(17-10)11-5-3-9(14)7-12(11)15;/h3-7,16H,2,8H2,1H3;1H. The molecule has 0 unspecified atom stereocenters. The molecule has 98 valence electrons. The molecule has 1 N–H and O–H groups in total. The Bertz CT molecular complexity index is 513. The molecule has 1 aromatic heterocycles. The lowest BCUT2D eigenvalue weighted by Gasteiger charge is -2.02. The second-order valence-electron chi connectivity index (χ2n) is 3.67. The highest BCUT2D eigenvalue weighted by atomic mass is 79.9. The second kappa shape index (κ2) is 7.19. The average molecular weight is 351 g/mol. The van der Waals surface area contributed by atoms with Crippen molar-refractivity contribution in [3.05, 3.63) is 45.6 Å². The minimum Gasteiger partial charge on any atom is -0.460 e. The minimum absolute atomic E-state index is 0. The molecule has 0 fully saturated rings. The molecular formula is C13H14BrCl2NO. The first kappa shape index (κ1) is 15.6. The van der Waals surface area contributed by atoms with E-state index < -0.39 is 0 Å². The summed E-state index contributed by atoms with van der Waals surface area (Å²) in [6.07, 6.45) is 0. The summed E-state index contributed by atoms with van der Waals surface area (Å²) in [5, 5.41) is 3.90. The van der Waals surface area contributed by atoms with E-state index in [-0.39, 0.29) is 12.4 Å². The molecule has 2 aromatic rings. The molecule has 18 heavy (non-hydrogen) atoms. The van der Waals surface area contributed by atoms with Gasteiger partial charge in [-0.15, -0.1) is 12.4 Å². The molecule has 2 nitrogen and oxygen atoms in total. The van der Waals surface area contributed by atoms with Gasteiger partial charge in [-0.25, -0.2) is 0 Å². The topological polar surface area (TPSA) is 25.2 Å². The minimum atomic E-state index is 0. The maximum Gasteiger partial charge on any atom is 0.135 e. The monoisotopic (exact) mass is 349 g/mol. The summed E-state index contributed by atoms with van der Waals surface area (Å²) >= 11 is 9.56. The molecule has 0 saturated carbocycles. The first-order valence-corrected chi connectivity index (χ1v) is 6.62. The molecule has 0 atom stereocenters. The summed E-state index contributed by atoms with van der Waals surface area (Å²) in [5.41, 5.74) is 0.914. The first-order valence-electron chi connectivity index (χ1n) is 5.45. The number of furan rings is 1. The maximum absolute atomic E-state index is 6.17. The Morgan fingerprint density at radius 3 is 2.72 bits per heavy atom. The van der Waals surface area contributed by atoms with E-state index in [0.717, 1.165) is 34.6 Å². The number of halogens is 3. The van der Waals surface area contributed by atoms with Gasteiger partial charge in [0, 0.05) is 10.0 Å². The van der Waals surface area contributed by atoms with Gasteiger partial charge in [0.1, 0.15) is 11.5 Å². The zero-order valence-electron chi connectivity index (χ0n) is 9.87. The van der Waals surface area contributed by atoms with E-state index in [4.69, 9.17) is 16.0 Å². The Morgan fingerprint density at radius 1 is 1.28 bits per heavy atom. The van der Waals surface area contributed by atoms with Gasteiger partial charge in [-0.1, -0.05) is 34.5 Å². The molecule has 0 bridgehead atoms. The van der Waals surface area contributed by atoms with Crippen molar-refractivity contribution in [2.45, 2.75) is 13.5 Å². The molecule has 5 heteroatoms. The average Bonchev–Trinajstić information content (AvgIpc) is 2.75. The van der Waals surface area contributed by atoms with Crippen LogP contribution in [0.2, 0.25) is 5.02 Å². The van der Waals surface area contributed by atoms with Crippen LogP contribution in [0.15, 0.2) is 39.2 Å². The third-order valence-electron chi connectivity index (χ3n) is 2.41. The van der Waals surface area contributed by atoms with Crippen LogP contribution in [0.1, 0.15) is 12.7 Å². The fourth-order valence-corrected chi connectivity index (χ4v) is 2.32. The zero-order valence-corrected chi connectivity index (χ0v) is 13.0. The maximum atomic E-state index is 6.17. The predicted molar refractivity (Wildman–Crippen MR) is 81.5 cm³/mol. The van der Waals surface area contributed by atoms with Crippen molar-refractivity contribution in [3.8, 4) is 11.3 Å². The van der Waals surface area contributed by atoms with Crippen molar-refractivity contribution in [2.24, 2.45) is 0 Å². The van der Waals surface area contributed by atoms with Crippen LogP contribution in [0.3, 0.4) is 0 Å². The lowest BCUT2D eigenvalue weighted by atomic mass is 10.2. The molecule has 0 aliphatic rings. The zero-order chi connectivity index (χ0) is 12.3. The van der Waals surface area contributed by atoms with Crippen LogP contribution >= 0.6 is 39.9 Å². The van der Waals surface area contributed by atoms with Gasteiger partial charge in [0.15, 0.2) is 0 Å². The Morgan fingerprint density at radius 2 is 2.06 bits per heavy atom. The smallest absolute Gasteiger partial charge is 0.135 e. The van der Waals surface area contributed by atoms with Gasteiger partial charge in [-0.05, 0) is 36.9 Å². The summed E-state index contributed by atoms with van der Waals surface area (Å²) < 4.78 is 6.69. The van der Waals surface area contributed by atoms with Gasteiger partial charge >= 0.3 is 0 Å². The van der Waals surface area contributed by atoms with E-state index >= 15 is 0 Å². The van der Waals surface area contributed by atoms with E-state index in [2.05, 4.69) is 28.2 Å². The van der Waals surface area contributed by atoms with Gasteiger partial charge < -0.3 is 9.73 Å². The van der Waals surface area contributed by atoms with Gasteiger partial charge in [0.05, 0.1) is 11.6 Å². The molecule has 0 aliphatic carbocycles. The van der Waals surface area contributed by atoms with E-state index in [1.807, 2.05) is 30.3 Å². The molecule has 0 spiro atoms. The lowest BCUT2D eigenvalue weighted by Crippen LogP contribution is -2.10. The van der Waals surface area contributed by atoms with Crippen molar-refractivity contribution >= 4 is 39.9 Å². The van der Waals surface area contributed by atoms with Crippen LogP contribution in [-0.2, 0) is 6.54 Å². The predicted octanol–water partition coefficient (Wildman–Crippen LogP) is 4.89. The fourth-order valence-electron chi connectivity index (χ4n) is 1.56. The van der Waals surface area contributed by atoms with Crippen molar-refractivity contribution < 1.29 is 4.42 Å². The van der Waals surface area contributed by atoms with Crippen LogP contribution in [0.4, 0.5) is 0 Å². The van der Waals surface area contributed by atoms with E-state index in [9.17, 15) is 0 Å². The Kier molecular flexibility index (Phi) is 6.22. The van der Waals surface area contributed by atoms with Crippen LogP contribution in [0, 0.1) is 0 Å². The normalized spacial score (nSPS) is 10.2. The summed E-state index contributed by atoms with van der Waals surface area (Å²) in [6.45, 7) is 3.73. The van der Waals surface area contributed by atoms with Crippen molar-refractivity contribution in [1.82, 2.24) is 5.32 Å². The molecular weight excluding hydrogens is 337 g/mol. The third-order valence-corrected chi connectivity index (χ3v) is 3.21. The van der Waals surface area contributed by atoms with E-state index in [1.54, 1.807) is 0 Å². The Labute approximate surface area is 126 Å². The molecule has 0 radical (unpaired) electrons. The fraction of sp³-hybridized carbons (Fsp3) is 0.231. The van der Waals surface area contributed by atoms with Crippen LogP contribution in [0.25, 0.3) is 11.3 Å². The van der Waals surface area contributed by atoms with Gasteiger partial charge in [-0.2, -0.15) is 0 Å². The number of hydrogen-bond donors (Lipinski definition) is 1. The van der Waals surface area contributed by atoms with E-state index in [0.29, 0.717) is 5.02 Å². The highest BCUT2D eigenvalue weighted by Crippen LogP contribution is 2.31. The highest BCUT2D eigenvalue weighted by Gasteiger charge is 2.08. The summed E-state index contributed by atoms with van der Waals surface area (Å²) in [7, 11) is 0. The van der Waals surface area contributed by atoms with Gasteiger partial charge in [-0.3, -0.25) is 0 Å². The molecule has 1 aromatic carbocycles. The lowest BCUT2D eigenvalue weighted by molar-refractivity contribution is 0.498. The molecule has 2 rings (SSSR count). The largest absolute Gasteiger partial charge is 0.460 e. The molecule has 0 aliphatic heterocycles. The van der Waals surface area contributed by atoms with Crippen molar-refractivity contribution in [2.75, 3.05) is 6.54 Å². The Hall–Kier alpha value is -0.480. The first-order chi connectivity index (χ1) is 8.20. The number of benzene rings is 1. The molecule has 0 saturated heterocycles. The quantitative estimate of drug-likeness (QED) is 0.848. The number of hydrogen-bond acceptors (Lipinski definition) is 2. The van der Waals surface area contributed by atoms with E-state index in [1.165, 1.54) is 0 Å². The van der Waals surface area contributed by atoms with Crippen molar-refractivity contribution in [1.29, 1.82) is 0 Å². The number of nitrogens with one attached hydrogen (secondary N) is 1. The van der Waals surface area contributed by atoms with Crippen LogP contribution in [-0.4, -0.2) is 6.54 Å².